The van der Waals surface area contributed by atoms with Crippen LogP contribution in [-0.4, -0.2) is 25.8 Å². The van der Waals surface area contributed by atoms with Gasteiger partial charge in [0, 0.05) is 11.8 Å². The maximum atomic E-state index is 10.9. The fraction of sp³-hybridized carbons (Fsp3) is 0.143. The molecule has 0 N–H and O–H groups in total. The van der Waals surface area contributed by atoms with Crippen molar-refractivity contribution in [2.45, 2.75) is 0 Å². The van der Waals surface area contributed by atoms with E-state index in [1.54, 1.807) is 6.21 Å². The number of carbonyl (C=O) groups is 1. The lowest BCUT2D eigenvalue weighted by molar-refractivity contribution is -0.138. The Morgan fingerprint density at radius 3 is 2.82 bits per heavy atom. The number of methoxy groups -OCH3 is 1. The van der Waals surface area contributed by atoms with Crippen molar-refractivity contribution in [3.05, 3.63) is 48.0 Å². The molecule has 3 nitrogen and oxygen atoms in total. The molecule has 0 aliphatic carbocycles. The third kappa shape index (κ3) is 2.69. The molecule has 0 aliphatic heterocycles. The van der Waals surface area contributed by atoms with Crippen molar-refractivity contribution in [1.29, 1.82) is 0 Å². The maximum Gasteiger partial charge on any atom is 0.327 e. The van der Waals surface area contributed by atoms with Crippen molar-refractivity contribution in [2.75, 3.05) is 13.7 Å². The van der Waals surface area contributed by atoms with Gasteiger partial charge in [-0.05, 0) is 10.8 Å². The Morgan fingerprint density at radius 2 is 2.00 bits per heavy atom. The predicted octanol–water partition coefficient (Wildman–Crippen LogP) is 2.43. The van der Waals surface area contributed by atoms with E-state index in [9.17, 15) is 4.79 Å². The van der Waals surface area contributed by atoms with Crippen LogP contribution in [0.15, 0.2) is 47.5 Å². The molecule has 0 spiro atoms. The molecule has 0 aromatic heterocycles. The quantitative estimate of drug-likeness (QED) is 0.596. The molecule has 0 fully saturated rings. The number of ether oxygens (including phenoxy) is 1. The van der Waals surface area contributed by atoms with E-state index in [2.05, 4.69) is 9.73 Å². The van der Waals surface area contributed by atoms with Gasteiger partial charge in [0.05, 0.1) is 7.11 Å². The lowest BCUT2D eigenvalue weighted by atomic mass is 10.1. The van der Waals surface area contributed by atoms with Crippen LogP contribution in [0.5, 0.6) is 0 Å². The summed E-state index contributed by atoms with van der Waals surface area (Å²) in [6, 6.07) is 14.1. The van der Waals surface area contributed by atoms with Crippen LogP contribution in [0.25, 0.3) is 10.8 Å². The lowest BCUT2D eigenvalue weighted by Crippen LogP contribution is -2.04. The summed E-state index contributed by atoms with van der Waals surface area (Å²) in [5.41, 5.74) is 1.01. The van der Waals surface area contributed by atoms with E-state index in [0.717, 1.165) is 16.3 Å². The van der Waals surface area contributed by atoms with E-state index in [4.69, 9.17) is 0 Å². The molecule has 86 valence electrons. The summed E-state index contributed by atoms with van der Waals surface area (Å²) in [5.74, 6) is -0.332. The molecular formula is C14H13NO2. The van der Waals surface area contributed by atoms with Crippen LogP contribution in [0.1, 0.15) is 5.56 Å². The van der Waals surface area contributed by atoms with Crippen molar-refractivity contribution in [2.24, 2.45) is 4.99 Å². The van der Waals surface area contributed by atoms with Gasteiger partial charge in [0.2, 0.25) is 0 Å². The zero-order valence-corrected chi connectivity index (χ0v) is 9.59. The maximum absolute atomic E-state index is 10.9. The highest BCUT2D eigenvalue weighted by atomic mass is 16.5. The van der Waals surface area contributed by atoms with Gasteiger partial charge in [0.25, 0.3) is 0 Å². The minimum Gasteiger partial charge on any atom is -0.468 e. The number of nitrogens with zero attached hydrogens (tertiary/aromatic N) is 1. The first-order valence-corrected chi connectivity index (χ1v) is 5.35. The Labute approximate surface area is 99.7 Å². The van der Waals surface area contributed by atoms with E-state index in [1.807, 2.05) is 42.5 Å². The first-order valence-electron chi connectivity index (χ1n) is 5.35. The molecule has 0 atom stereocenters. The number of aliphatic imine (C=N–C) groups is 1. The molecule has 2 aromatic rings. The second-order valence-corrected chi connectivity index (χ2v) is 3.61. The van der Waals surface area contributed by atoms with Gasteiger partial charge < -0.3 is 4.74 Å². The molecule has 0 saturated heterocycles. The fourth-order valence-corrected chi connectivity index (χ4v) is 1.65. The number of esters is 1. The molecule has 17 heavy (non-hydrogen) atoms. The van der Waals surface area contributed by atoms with Crippen molar-refractivity contribution < 1.29 is 9.53 Å². The Balaban J connectivity index is 2.27. The molecule has 0 unspecified atom stereocenters. The third-order valence-electron chi connectivity index (χ3n) is 2.50. The van der Waals surface area contributed by atoms with Gasteiger partial charge in [0.15, 0.2) is 0 Å². The van der Waals surface area contributed by atoms with Gasteiger partial charge in [-0.2, -0.15) is 0 Å². The average molecular weight is 227 g/mol. The van der Waals surface area contributed by atoms with Crippen molar-refractivity contribution >= 4 is 23.0 Å². The Morgan fingerprint density at radius 1 is 1.24 bits per heavy atom. The molecule has 0 heterocycles. The van der Waals surface area contributed by atoms with Crippen molar-refractivity contribution in [3.8, 4) is 0 Å². The summed E-state index contributed by atoms with van der Waals surface area (Å²) in [6.45, 7) is 0.0553. The average Bonchev–Trinajstić information content (AvgIpc) is 2.39. The molecular weight excluding hydrogens is 214 g/mol. The summed E-state index contributed by atoms with van der Waals surface area (Å²) in [6.07, 6.45) is 1.71. The van der Waals surface area contributed by atoms with Gasteiger partial charge in [-0.1, -0.05) is 42.5 Å². The highest BCUT2D eigenvalue weighted by Crippen LogP contribution is 2.16. The smallest absolute Gasteiger partial charge is 0.327 e. The van der Waals surface area contributed by atoms with E-state index >= 15 is 0 Å². The number of rotatable bonds is 3. The summed E-state index contributed by atoms with van der Waals surface area (Å²) in [5, 5.41) is 2.29. The Kier molecular flexibility index (Phi) is 3.50. The van der Waals surface area contributed by atoms with Crippen LogP contribution in [0.3, 0.4) is 0 Å². The van der Waals surface area contributed by atoms with E-state index in [1.165, 1.54) is 7.11 Å². The zero-order valence-electron chi connectivity index (χ0n) is 9.59. The summed E-state index contributed by atoms with van der Waals surface area (Å²) < 4.78 is 4.52. The largest absolute Gasteiger partial charge is 0.468 e. The second-order valence-electron chi connectivity index (χ2n) is 3.61. The SMILES string of the molecule is COC(=O)CN=Cc1cccc2ccccc12. The summed E-state index contributed by atoms with van der Waals surface area (Å²) in [4.78, 5) is 15.0. The number of benzene rings is 2. The molecule has 2 rings (SSSR count). The first kappa shape index (κ1) is 11.3. The molecule has 0 amide bonds. The minimum absolute atomic E-state index is 0.0553. The highest BCUT2D eigenvalue weighted by molar-refractivity contribution is 6.00. The number of carbonyl (C=O) groups excluding carboxylic acids is 1. The normalized spacial score (nSPS) is 10.9. The van der Waals surface area contributed by atoms with Crippen LogP contribution >= 0.6 is 0 Å². The molecule has 0 aliphatic rings. The van der Waals surface area contributed by atoms with Crippen LogP contribution in [0.4, 0.5) is 0 Å². The lowest BCUT2D eigenvalue weighted by Gasteiger charge is -2.00. The molecule has 3 heteroatoms. The molecule has 2 aromatic carbocycles. The van der Waals surface area contributed by atoms with E-state index in [0.29, 0.717) is 0 Å². The topological polar surface area (TPSA) is 38.7 Å². The van der Waals surface area contributed by atoms with Gasteiger partial charge >= 0.3 is 5.97 Å². The molecule has 0 saturated carbocycles. The standard InChI is InChI=1S/C14H13NO2/c1-17-14(16)10-15-9-12-7-4-6-11-5-2-3-8-13(11)12/h2-9H,10H2,1H3. The Bertz CT molecular complexity index is 556. The number of fused-ring (bicyclic) bond motifs is 1. The Hall–Kier alpha value is -2.16. The van der Waals surface area contributed by atoms with Crippen molar-refractivity contribution in [1.82, 2.24) is 0 Å². The zero-order chi connectivity index (χ0) is 12.1. The summed E-state index contributed by atoms with van der Waals surface area (Å²) >= 11 is 0. The molecule has 0 radical (unpaired) electrons. The summed E-state index contributed by atoms with van der Waals surface area (Å²) in [7, 11) is 1.36. The van der Waals surface area contributed by atoms with Gasteiger partial charge in [-0.25, -0.2) is 0 Å². The van der Waals surface area contributed by atoms with E-state index < -0.39 is 0 Å². The molecule has 0 bridgehead atoms. The fourth-order valence-electron chi connectivity index (χ4n) is 1.65. The van der Waals surface area contributed by atoms with Gasteiger partial charge in [-0.3, -0.25) is 9.79 Å². The highest BCUT2D eigenvalue weighted by Gasteiger charge is 1.98. The predicted molar refractivity (Wildman–Crippen MR) is 68.4 cm³/mol. The van der Waals surface area contributed by atoms with Crippen LogP contribution in [0, 0.1) is 0 Å². The van der Waals surface area contributed by atoms with E-state index in [-0.39, 0.29) is 12.5 Å². The minimum atomic E-state index is -0.332. The van der Waals surface area contributed by atoms with Crippen LogP contribution < -0.4 is 0 Å². The first-order chi connectivity index (χ1) is 8.31. The number of hydrogen-bond donors (Lipinski definition) is 0. The van der Waals surface area contributed by atoms with Gasteiger partial charge in [-0.15, -0.1) is 0 Å². The van der Waals surface area contributed by atoms with Gasteiger partial charge in [0.1, 0.15) is 6.54 Å². The third-order valence-corrected chi connectivity index (χ3v) is 2.50. The monoisotopic (exact) mass is 227 g/mol. The van der Waals surface area contributed by atoms with Crippen LogP contribution in [0.2, 0.25) is 0 Å². The second kappa shape index (κ2) is 5.25. The number of hydrogen-bond acceptors (Lipinski definition) is 3. The van der Waals surface area contributed by atoms with Crippen molar-refractivity contribution in [3.63, 3.8) is 0 Å². The van der Waals surface area contributed by atoms with Crippen LogP contribution in [-0.2, 0) is 9.53 Å².